The van der Waals surface area contributed by atoms with Gasteiger partial charge in [0.05, 0.1) is 31.9 Å². The standard InChI is InChI=1S/C23H26N4O3/c1-29-19-8-6-15(7-9-19)12-26-17-10-16(11-18(26)14-30-13-17)27-21-5-3-2-4-20(21)22(25-27)23(24)28/h2-9,16-18H,10-14H2,1H3,(H2,24,28). The number of piperidine rings is 1. The number of hydrogen-bond donors (Lipinski definition) is 1. The molecule has 1 amide bonds. The molecule has 2 aliphatic rings. The van der Waals surface area contributed by atoms with Crippen molar-refractivity contribution in [3.63, 3.8) is 0 Å². The van der Waals surface area contributed by atoms with Crippen molar-refractivity contribution in [2.24, 2.45) is 5.73 Å². The van der Waals surface area contributed by atoms with Gasteiger partial charge in [-0.05, 0) is 36.6 Å². The van der Waals surface area contributed by atoms with E-state index in [-0.39, 0.29) is 6.04 Å². The van der Waals surface area contributed by atoms with E-state index in [1.807, 2.05) is 41.1 Å². The number of carbonyl (C=O) groups is 1. The summed E-state index contributed by atoms with van der Waals surface area (Å²) >= 11 is 0. The molecule has 1 aromatic heterocycles. The van der Waals surface area contributed by atoms with Crippen molar-refractivity contribution in [2.75, 3.05) is 20.3 Å². The molecule has 7 heteroatoms. The van der Waals surface area contributed by atoms with Crippen LogP contribution in [0.2, 0.25) is 0 Å². The first-order valence-electron chi connectivity index (χ1n) is 10.4. The van der Waals surface area contributed by atoms with Crippen molar-refractivity contribution >= 4 is 16.8 Å². The summed E-state index contributed by atoms with van der Waals surface area (Å²) in [5, 5.41) is 5.46. The van der Waals surface area contributed by atoms with Crippen LogP contribution in [0.5, 0.6) is 5.75 Å². The van der Waals surface area contributed by atoms with E-state index in [0.717, 1.165) is 36.0 Å². The molecule has 5 rings (SSSR count). The van der Waals surface area contributed by atoms with Crippen molar-refractivity contribution in [1.82, 2.24) is 14.7 Å². The molecule has 0 spiro atoms. The average molecular weight is 406 g/mol. The predicted molar refractivity (Wildman–Crippen MR) is 113 cm³/mol. The van der Waals surface area contributed by atoms with Gasteiger partial charge < -0.3 is 15.2 Å². The van der Waals surface area contributed by atoms with E-state index >= 15 is 0 Å². The highest BCUT2D eigenvalue weighted by Crippen LogP contribution is 2.37. The predicted octanol–water partition coefficient (Wildman–Crippen LogP) is 2.75. The topological polar surface area (TPSA) is 82.6 Å². The lowest BCUT2D eigenvalue weighted by atomic mass is 9.89. The summed E-state index contributed by atoms with van der Waals surface area (Å²) in [6.45, 7) is 2.32. The Balaban J connectivity index is 1.41. The summed E-state index contributed by atoms with van der Waals surface area (Å²) in [5.74, 6) is 0.391. The summed E-state index contributed by atoms with van der Waals surface area (Å²) in [4.78, 5) is 14.5. The fourth-order valence-electron chi connectivity index (χ4n) is 4.91. The third kappa shape index (κ3) is 3.34. The average Bonchev–Trinajstić information content (AvgIpc) is 3.14. The second-order valence-electron chi connectivity index (χ2n) is 8.17. The Bertz CT molecular complexity index is 1050. The number of primary amides is 1. The SMILES string of the molecule is COc1ccc(CN2C3COCC2CC(n2nc(C(N)=O)c4ccccc42)C3)cc1. The minimum atomic E-state index is -0.481. The maximum atomic E-state index is 11.9. The van der Waals surface area contributed by atoms with E-state index in [1.165, 1.54) is 5.56 Å². The fraction of sp³-hybridized carbons (Fsp3) is 0.391. The van der Waals surface area contributed by atoms with E-state index in [2.05, 4.69) is 22.1 Å². The second kappa shape index (κ2) is 7.74. The van der Waals surface area contributed by atoms with Gasteiger partial charge in [-0.15, -0.1) is 0 Å². The highest BCUT2D eigenvalue weighted by Gasteiger charge is 2.40. The number of nitrogens with two attached hydrogens (primary N) is 1. The molecule has 2 bridgehead atoms. The Morgan fingerprint density at radius 2 is 1.80 bits per heavy atom. The van der Waals surface area contributed by atoms with Gasteiger partial charge in [0.15, 0.2) is 5.69 Å². The molecule has 7 nitrogen and oxygen atoms in total. The lowest BCUT2D eigenvalue weighted by Gasteiger charge is -2.48. The van der Waals surface area contributed by atoms with E-state index < -0.39 is 5.91 Å². The molecule has 2 unspecified atom stereocenters. The van der Waals surface area contributed by atoms with Crippen LogP contribution in [0.1, 0.15) is 34.9 Å². The van der Waals surface area contributed by atoms with Gasteiger partial charge in [0.1, 0.15) is 5.75 Å². The van der Waals surface area contributed by atoms with E-state index in [4.69, 9.17) is 15.2 Å². The van der Waals surface area contributed by atoms with Gasteiger partial charge in [0.2, 0.25) is 0 Å². The Labute approximate surface area is 175 Å². The maximum Gasteiger partial charge on any atom is 0.269 e. The first-order valence-corrected chi connectivity index (χ1v) is 10.4. The molecule has 0 saturated carbocycles. The first-order chi connectivity index (χ1) is 14.6. The Morgan fingerprint density at radius 1 is 1.10 bits per heavy atom. The smallest absolute Gasteiger partial charge is 0.269 e. The van der Waals surface area contributed by atoms with Crippen LogP contribution in [0.4, 0.5) is 0 Å². The van der Waals surface area contributed by atoms with Crippen LogP contribution in [-0.4, -0.2) is 53.0 Å². The lowest BCUT2D eigenvalue weighted by molar-refractivity contribution is -0.0902. The van der Waals surface area contributed by atoms with Crippen LogP contribution < -0.4 is 10.5 Å². The third-order valence-electron chi connectivity index (χ3n) is 6.36. The van der Waals surface area contributed by atoms with Crippen molar-refractivity contribution < 1.29 is 14.3 Å². The van der Waals surface area contributed by atoms with Crippen LogP contribution in [0, 0.1) is 0 Å². The summed E-state index contributed by atoms with van der Waals surface area (Å²) in [7, 11) is 1.68. The summed E-state index contributed by atoms with van der Waals surface area (Å²) in [6, 6.07) is 16.9. The number of fused-ring (bicyclic) bond motifs is 3. The molecular formula is C23H26N4O3. The number of nitrogens with zero attached hydrogens (tertiary/aromatic N) is 3. The zero-order chi connectivity index (χ0) is 20.7. The normalized spacial score (nSPS) is 24.1. The maximum absolute atomic E-state index is 11.9. The number of benzene rings is 2. The van der Waals surface area contributed by atoms with Gasteiger partial charge in [-0.1, -0.05) is 30.3 Å². The highest BCUT2D eigenvalue weighted by atomic mass is 16.5. The molecule has 2 saturated heterocycles. The molecule has 30 heavy (non-hydrogen) atoms. The molecule has 3 heterocycles. The van der Waals surface area contributed by atoms with E-state index in [0.29, 0.717) is 31.0 Å². The van der Waals surface area contributed by atoms with Crippen LogP contribution in [0.15, 0.2) is 48.5 Å². The number of hydrogen-bond acceptors (Lipinski definition) is 5. The quantitative estimate of drug-likeness (QED) is 0.705. The fourth-order valence-corrected chi connectivity index (χ4v) is 4.91. The molecular weight excluding hydrogens is 380 g/mol. The van der Waals surface area contributed by atoms with Gasteiger partial charge in [0.25, 0.3) is 5.91 Å². The van der Waals surface area contributed by atoms with E-state index in [9.17, 15) is 4.79 Å². The van der Waals surface area contributed by atoms with Crippen LogP contribution in [-0.2, 0) is 11.3 Å². The zero-order valence-electron chi connectivity index (χ0n) is 17.0. The Hall–Kier alpha value is -2.90. The number of rotatable bonds is 5. The molecule has 2 aromatic carbocycles. The Kier molecular flexibility index (Phi) is 4.92. The summed E-state index contributed by atoms with van der Waals surface area (Å²) in [5.41, 5.74) is 8.19. The highest BCUT2D eigenvalue weighted by molar-refractivity contribution is 6.04. The van der Waals surface area contributed by atoms with E-state index in [1.54, 1.807) is 7.11 Å². The summed E-state index contributed by atoms with van der Waals surface area (Å²) < 4.78 is 13.2. The van der Waals surface area contributed by atoms with Gasteiger partial charge >= 0.3 is 0 Å². The van der Waals surface area contributed by atoms with Crippen molar-refractivity contribution in [3.05, 3.63) is 59.8 Å². The van der Waals surface area contributed by atoms with Crippen LogP contribution in [0.3, 0.4) is 0 Å². The third-order valence-corrected chi connectivity index (χ3v) is 6.36. The van der Waals surface area contributed by atoms with Crippen molar-refractivity contribution in [2.45, 2.75) is 37.5 Å². The number of carbonyl (C=O) groups excluding carboxylic acids is 1. The van der Waals surface area contributed by atoms with Gasteiger partial charge in [-0.25, -0.2) is 0 Å². The molecule has 2 N–H and O–H groups in total. The van der Waals surface area contributed by atoms with Gasteiger partial charge in [-0.3, -0.25) is 14.4 Å². The molecule has 0 aliphatic carbocycles. The van der Waals surface area contributed by atoms with Crippen LogP contribution >= 0.6 is 0 Å². The summed E-state index contributed by atoms with van der Waals surface area (Å²) in [6.07, 6.45) is 1.85. The number of para-hydroxylation sites is 1. The zero-order valence-corrected chi connectivity index (χ0v) is 17.0. The molecule has 2 fully saturated rings. The monoisotopic (exact) mass is 406 g/mol. The number of aromatic nitrogens is 2. The minimum absolute atomic E-state index is 0.217. The number of ether oxygens (including phenoxy) is 2. The second-order valence-corrected chi connectivity index (χ2v) is 8.17. The minimum Gasteiger partial charge on any atom is -0.497 e. The largest absolute Gasteiger partial charge is 0.497 e. The number of amides is 1. The number of methoxy groups -OCH3 is 1. The van der Waals surface area contributed by atoms with Crippen LogP contribution in [0.25, 0.3) is 10.9 Å². The molecule has 0 radical (unpaired) electrons. The molecule has 156 valence electrons. The molecule has 3 aromatic rings. The lowest BCUT2D eigenvalue weighted by Crippen LogP contribution is -2.56. The first kappa shape index (κ1) is 19.1. The Morgan fingerprint density at radius 3 is 2.47 bits per heavy atom. The van der Waals surface area contributed by atoms with Gasteiger partial charge in [-0.2, -0.15) is 5.10 Å². The number of morpholine rings is 1. The van der Waals surface area contributed by atoms with Crippen molar-refractivity contribution in [3.8, 4) is 5.75 Å². The molecule has 2 aliphatic heterocycles. The molecule has 2 atom stereocenters. The van der Waals surface area contributed by atoms with Gasteiger partial charge in [0, 0.05) is 24.0 Å². The van der Waals surface area contributed by atoms with Crippen molar-refractivity contribution in [1.29, 1.82) is 0 Å².